The minimum Gasteiger partial charge on any atom is -0.466 e. The standard InChI is InChI=1S/C13H19N5O2/c1-2-20-11(19)7-6-9-4-3-5-10(8-9)17-13(16)18-12(14)15/h3-5,8H,2,6-7H2,1H3,(H6,14,15,16,17,18). The van der Waals surface area contributed by atoms with Crippen LogP contribution >= 0.6 is 0 Å². The number of carbonyl (C=O) groups is 1. The molecule has 0 aromatic heterocycles. The van der Waals surface area contributed by atoms with Crippen LogP contribution in [0.15, 0.2) is 34.3 Å². The van der Waals surface area contributed by atoms with Crippen LogP contribution in [0.2, 0.25) is 0 Å². The zero-order valence-electron chi connectivity index (χ0n) is 11.4. The Labute approximate surface area is 117 Å². The third-order valence-corrected chi connectivity index (χ3v) is 2.32. The summed E-state index contributed by atoms with van der Waals surface area (Å²) in [7, 11) is 0. The first-order valence-electron chi connectivity index (χ1n) is 6.19. The van der Waals surface area contributed by atoms with E-state index in [-0.39, 0.29) is 17.9 Å². The van der Waals surface area contributed by atoms with Gasteiger partial charge >= 0.3 is 5.97 Å². The summed E-state index contributed by atoms with van der Waals surface area (Å²) in [5.74, 6) is -0.390. The van der Waals surface area contributed by atoms with E-state index in [2.05, 4.69) is 9.98 Å². The lowest BCUT2D eigenvalue weighted by atomic mass is 10.1. The number of aryl methyl sites for hydroxylation is 1. The maximum atomic E-state index is 11.3. The summed E-state index contributed by atoms with van der Waals surface area (Å²) in [4.78, 5) is 19.0. The van der Waals surface area contributed by atoms with Gasteiger partial charge in [0.05, 0.1) is 12.3 Å². The summed E-state index contributed by atoms with van der Waals surface area (Å²) in [6, 6.07) is 7.30. The second-order valence-corrected chi connectivity index (χ2v) is 3.98. The molecular weight excluding hydrogens is 258 g/mol. The number of aliphatic imine (C=N–C) groups is 2. The normalized spacial score (nSPS) is 10.9. The number of nitrogens with two attached hydrogens (primary N) is 3. The van der Waals surface area contributed by atoms with Crippen LogP contribution in [0.5, 0.6) is 0 Å². The number of ether oxygens (including phenoxy) is 1. The highest BCUT2D eigenvalue weighted by atomic mass is 16.5. The molecule has 0 heterocycles. The van der Waals surface area contributed by atoms with Gasteiger partial charge in [0, 0.05) is 6.42 Å². The molecule has 0 aliphatic heterocycles. The van der Waals surface area contributed by atoms with Crippen molar-refractivity contribution >= 4 is 23.6 Å². The van der Waals surface area contributed by atoms with Crippen molar-refractivity contribution in [2.45, 2.75) is 19.8 Å². The van der Waals surface area contributed by atoms with Crippen LogP contribution in [0.4, 0.5) is 5.69 Å². The lowest BCUT2D eigenvalue weighted by molar-refractivity contribution is -0.143. The predicted octanol–water partition coefficient (Wildman–Crippen LogP) is 0.402. The summed E-state index contributed by atoms with van der Waals surface area (Å²) in [6.45, 7) is 2.16. The number of hydrogen-bond donors (Lipinski definition) is 3. The molecule has 1 aromatic carbocycles. The van der Waals surface area contributed by atoms with Crippen molar-refractivity contribution in [1.29, 1.82) is 0 Å². The smallest absolute Gasteiger partial charge is 0.306 e. The molecule has 0 amide bonds. The third-order valence-electron chi connectivity index (χ3n) is 2.32. The molecule has 108 valence electrons. The second kappa shape index (κ2) is 7.78. The molecule has 0 saturated carbocycles. The van der Waals surface area contributed by atoms with E-state index in [9.17, 15) is 4.79 Å². The molecular formula is C13H19N5O2. The summed E-state index contributed by atoms with van der Waals surface area (Å²) >= 11 is 0. The van der Waals surface area contributed by atoms with Crippen LogP contribution in [-0.2, 0) is 16.0 Å². The maximum absolute atomic E-state index is 11.3. The molecule has 0 unspecified atom stereocenters. The van der Waals surface area contributed by atoms with Gasteiger partial charge in [-0.25, -0.2) is 4.99 Å². The highest BCUT2D eigenvalue weighted by Crippen LogP contribution is 2.15. The highest BCUT2D eigenvalue weighted by Gasteiger charge is 2.03. The molecule has 0 aliphatic carbocycles. The van der Waals surface area contributed by atoms with Crippen molar-refractivity contribution in [2.75, 3.05) is 6.61 Å². The minimum absolute atomic E-state index is 0.0208. The summed E-state index contributed by atoms with van der Waals surface area (Å²) in [5.41, 5.74) is 17.5. The van der Waals surface area contributed by atoms with E-state index in [4.69, 9.17) is 21.9 Å². The van der Waals surface area contributed by atoms with Crippen LogP contribution in [0, 0.1) is 0 Å². The number of guanidine groups is 2. The monoisotopic (exact) mass is 277 g/mol. The maximum Gasteiger partial charge on any atom is 0.306 e. The number of benzene rings is 1. The molecule has 0 fully saturated rings. The van der Waals surface area contributed by atoms with Gasteiger partial charge in [0.15, 0.2) is 5.96 Å². The fourth-order valence-electron chi connectivity index (χ4n) is 1.55. The molecule has 0 aliphatic rings. The number of nitrogens with zero attached hydrogens (tertiary/aromatic N) is 2. The number of carbonyl (C=O) groups excluding carboxylic acids is 1. The molecule has 0 radical (unpaired) electrons. The van der Waals surface area contributed by atoms with E-state index in [0.29, 0.717) is 25.1 Å². The van der Waals surface area contributed by atoms with Crippen molar-refractivity contribution in [3.63, 3.8) is 0 Å². The molecule has 0 spiro atoms. The molecule has 7 nitrogen and oxygen atoms in total. The first-order chi connectivity index (χ1) is 9.51. The average Bonchev–Trinajstić information content (AvgIpc) is 2.36. The first kappa shape index (κ1) is 15.5. The van der Waals surface area contributed by atoms with Gasteiger partial charge in [-0.2, -0.15) is 4.99 Å². The fourth-order valence-corrected chi connectivity index (χ4v) is 1.55. The number of rotatable bonds is 5. The van der Waals surface area contributed by atoms with Crippen LogP contribution in [0.25, 0.3) is 0 Å². The van der Waals surface area contributed by atoms with Crippen molar-refractivity contribution < 1.29 is 9.53 Å². The van der Waals surface area contributed by atoms with Gasteiger partial charge in [0.25, 0.3) is 0 Å². The summed E-state index contributed by atoms with van der Waals surface area (Å²) in [5, 5.41) is 0. The van der Waals surface area contributed by atoms with Crippen LogP contribution in [0.3, 0.4) is 0 Å². The van der Waals surface area contributed by atoms with Gasteiger partial charge in [-0.1, -0.05) is 12.1 Å². The molecule has 6 N–H and O–H groups in total. The first-order valence-corrected chi connectivity index (χ1v) is 6.19. The van der Waals surface area contributed by atoms with Gasteiger partial charge < -0.3 is 21.9 Å². The highest BCUT2D eigenvalue weighted by molar-refractivity contribution is 5.93. The lowest BCUT2D eigenvalue weighted by Crippen LogP contribution is -2.26. The average molecular weight is 277 g/mol. The van der Waals surface area contributed by atoms with E-state index >= 15 is 0 Å². The van der Waals surface area contributed by atoms with Crippen LogP contribution in [-0.4, -0.2) is 24.5 Å². The van der Waals surface area contributed by atoms with Gasteiger partial charge in [-0.15, -0.1) is 0 Å². The number of esters is 1. The van der Waals surface area contributed by atoms with E-state index in [0.717, 1.165) is 5.56 Å². The van der Waals surface area contributed by atoms with Crippen molar-refractivity contribution in [1.82, 2.24) is 0 Å². The van der Waals surface area contributed by atoms with E-state index in [1.54, 1.807) is 13.0 Å². The van der Waals surface area contributed by atoms with Gasteiger partial charge in [-0.05, 0) is 31.0 Å². The predicted molar refractivity (Wildman–Crippen MR) is 78.5 cm³/mol. The van der Waals surface area contributed by atoms with E-state index in [1.165, 1.54) is 0 Å². The van der Waals surface area contributed by atoms with Crippen LogP contribution in [0.1, 0.15) is 18.9 Å². The van der Waals surface area contributed by atoms with Gasteiger partial charge in [0.1, 0.15) is 0 Å². The quantitative estimate of drug-likeness (QED) is 0.407. The Morgan fingerprint density at radius 2 is 2.05 bits per heavy atom. The Bertz CT molecular complexity index is 521. The lowest BCUT2D eigenvalue weighted by Gasteiger charge is -2.03. The molecule has 0 atom stereocenters. The van der Waals surface area contributed by atoms with E-state index < -0.39 is 0 Å². The van der Waals surface area contributed by atoms with Crippen molar-refractivity contribution in [3.8, 4) is 0 Å². The number of hydrogen-bond acceptors (Lipinski definition) is 3. The zero-order valence-corrected chi connectivity index (χ0v) is 11.4. The minimum atomic E-state index is -0.221. The van der Waals surface area contributed by atoms with E-state index in [1.807, 2.05) is 18.2 Å². The molecule has 0 bridgehead atoms. The Balaban J connectivity index is 2.71. The Morgan fingerprint density at radius 1 is 1.30 bits per heavy atom. The molecule has 1 aromatic rings. The second-order valence-electron chi connectivity index (χ2n) is 3.98. The third kappa shape index (κ3) is 5.85. The molecule has 7 heteroatoms. The molecule has 20 heavy (non-hydrogen) atoms. The van der Waals surface area contributed by atoms with Gasteiger partial charge in [-0.3, -0.25) is 4.79 Å². The topological polar surface area (TPSA) is 129 Å². The van der Waals surface area contributed by atoms with Crippen molar-refractivity contribution in [2.24, 2.45) is 27.2 Å². The summed E-state index contributed by atoms with van der Waals surface area (Å²) in [6.07, 6.45) is 0.898. The largest absolute Gasteiger partial charge is 0.466 e. The molecule has 1 rings (SSSR count). The van der Waals surface area contributed by atoms with Gasteiger partial charge in [0.2, 0.25) is 5.96 Å². The Kier molecular flexibility index (Phi) is 6.02. The summed E-state index contributed by atoms with van der Waals surface area (Å²) < 4.78 is 4.87. The van der Waals surface area contributed by atoms with Crippen molar-refractivity contribution in [3.05, 3.63) is 29.8 Å². The SMILES string of the molecule is CCOC(=O)CCc1cccc(N=C(N)N=C(N)N)c1. The Morgan fingerprint density at radius 3 is 2.70 bits per heavy atom. The molecule has 0 saturated heterocycles. The van der Waals surface area contributed by atoms with Crippen LogP contribution < -0.4 is 17.2 Å². The fraction of sp³-hybridized carbons (Fsp3) is 0.308. The Hall–Kier alpha value is -2.57. The zero-order chi connectivity index (χ0) is 15.0.